The molecule has 3 N–H and O–H groups in total. The summed E-state index contributed by atoms with van der Waals surface area (Å²) in [5.74, 6) is -0.380. The first kappa shape index (κ1) is 19.4. The van der Waals surface area contributed by atoms with E-state index in [0.29, 0.717) is 17.5 Å². The van der Waals surface area contributed by atoms with Crippen LogP contribution in [0.2, 0.25) is 0 Å². The van der Waals surface area contributed by atoms with Gasteiger partial charge in [-0.25, -0.2) is 4.39 Å². The molecule has 2 aromatic rings. The lowest BCUT2D eigenvalue weighted by atomic mass is 9.86. The van der Waals surface area contributed by atoms with Gasteiger partial charge in [0.25, 0.3) is 0 Å². The first-order chi connectivity index (χ1) is 14.5. The van der Waals surface area contributed by atoms with Crippen molar-refractivity contribution in [2.45, 2.75) is 50.6 Å². The number of aryl methyl sites for hydroxylation is 1. The van der Waals surface area contributed by atoms with E-state index in [4.69, 9.17) is 0 Å². The summed E-state index contributed by atoms with van der Waals surface area (Å²) in [6, 6.07) is 10.8. The van der Waals surface area contributed by atoms with Gasteiger partial charge in [0.1, 0.15) is 11.9 Å². The number of amides is 1. The highest BCUT2D eigenvalue weighted by atomic mass is 19.1. The van der Waals surface area contributed by atoms with Gasteiger partial charge >= 0.3 is 0 Å². The Balaban J connectivity index is 1.24. The van der Waals surface area contributed by atoms with Crippen LogP contribution in [0.1, 0.15) is 36.8 Å². The molecule has 0 bridgehead atoms. The highest BCUT2D eigenvalue weighted by Crippen LogP contribution is 2.34. The van der Waals surface area contributed by atoms with Gasteiger partial charge in [-0.1, -0.05) is 12.1 Å². The maximum absolute atomic E-state index is 14.1. The highest BCUT2D eigenvalue weighted by molar-refractivity contribution is 5.98. The summed E-state index contributed by atoms with van der Waals surface area (Å²) in [6.07, 6.45) is 5.27. The molecule has 2 fully saturated rings. The van der Waals surface area contributed by atoms with E-state index in [0.717, 1.165) is 42.3 Å². The van der Waals surface area contributed by atoms with Gasteiger partial charge in [-0.2, -0.15) is 0 Å². The molecule has 1 spiro atoms. The largest absolute Gasteiger partial charge is 0.373 e. The lowest BCUT2D eigenvalue weighted by molar-refractivity contribution is -0.116. The molecule has 30 heavy (non-hydrogen) atoms. The monoisotopic (exact) mass is 408 g/mol. The van der Waals surface area contributed by atoms with Crippen LogP contribution >= 0.6 is 0 Å². The molecular weight excluding hydrogens is 379 g/mol. The number of nitrogens with one attached hydrogen (secondary N) is 3. The molecule has 3 aliphatic rings. The third kappa shape index (κ3) is 3.54. The van der Waals surface area contributed by atoms with E-state index in [9.17, 15) is 9.18 Å². The average Bonchev–Trinajstić information content (AvgIpc) is 3.40. The molecule has 3 heterocycles. The summed E-state index contributed by atoms with van der Waals surface area (Å²) >= 11 is 0. The minimum Gasteiger partial charge on any atom is -0.373 e. The van der Waals surface area contributed by atoms with Crippen LogP contribution in [0, 0.1) is 12.7 Å². The zero-order chi connectivity index (χ0) is 20.7. The zero-order valence-electron chi connectivity index (χ0n) is 17.4. The van der Waals surface area contributed by atoms with Crippen molar-refractivity contribution in [1.29, 1.82) is 0 Å². The summed E-state index contributed by atoms with van der Waals surface area (Å²) in [7, 11) is 0. The number of hydrogen-bond acceptors (Lipinski definition) is 4. The number of rotatable bonds is 3. The molecule has 2 saturated heterocycles. The number of halogens is 1. The maximum atomic E-state index is 14.1. The van der Waals surface area contributed by atoms with Crippen LogP contribution in [0.5, 0.6) is 0 Å². The number of hydrogen-bond donors (Lipinski definition) is 3. The van der Waals surface area contributed by atoms with Crippen LogP contribution in [0.15, 0.2) is 36.4 Å². The van der Waals surface area contributed by atoms with Crippen molar-refractivity contribution in [3.63, 3.8) is 0 Å². The van der Waals surface area contributed by atoms with Crippen LogP contribution in [0.25, 0.3) is 0 Å². The van der Waals surface area contributed by atoms with Crippen LogP contribution < -0.4 is 20.9 Å². The van der Waals surface area contributed by atoms with E-state index in [1.54, 1.807) is 6.07 Å². The van der Waals surface area contributed by atoms with Gasteiger partial charge in [0.05, 0.1) is 0 Å². The fraction of sp³-hybridized carbons (Fsp3) is 0.458. The fourth-order valence-electron chi connectivity index (χ4n) is 5.23. The fourth-order valence-corrected chi connectivity index (χ4v) is 5.23. The minimum absolute atomic E-state index is 0.130. The van der Waals surface area contributed by atoms with Gasteiger partial charge in [0.2, 0.25) is 5.91 Å². The number of carbonyl (C=O) groups is 1. The van der Waals surface area contributed by atoms with Crippen molar-refractivity contribution in [3.05, 3.63) is 53.3 Å². The molecule has 1 unspecified atom stereocenters. The van der Waals surface area contributed by atoms with Crippen LogP contribution in [-0.4, -0.2) is 37.1 Å². The predicted octanol–water partition coefficient (Wildman–Crippen LogP) is 3.83. The Morgan fingerprint density at radius 3 is 2.77 bits per heavy atom. The molecule has 1 amide bonds. The maximum Gasteiger partial charge on any atom is 0.247 e. The molecule has 0 aliphatic carbocycles. The van der Waals surface area contributed by atoms with Crippen LogP contribution in [-0.2, 0) is 11.2 Å². The van der Waals surface area contributed by atoms with Gasteiger partial charge in [-0.05, 0) is 69.0 Å². The molecule has 0 saturated carbocycles. The summed E-state index contributed by atoms with van der Waals surface area (Å²) in [5.41, 5.74) is 4.59. The number of anilines is 3. The van der Waals surface area contributed by atoms with Gasteiger partial charge < -0.3 is 20.9 Å². The van der Waals surface area contributed by atoms with Gasteiger partial charge in [-0.15, -0.1) is 0 Å². The molecule has 1 atom stereocenters. The Hall–Kier alpha value is -2.60. The molecular formula is C24H29FN4O. The summed E-state index contributed by atoms with van der Waals surface area (Å²) in [4.78, 5) is 15.3. The predicted molar refractivity (Wildman–Crippen MR) is 119 cm³/mol. The molecule has 6 heteroatoms. The molecule has 2 aromatic carbocycles. The second-order valence-corrected chi connectivity index (χ2v) is 8.96. The number of nitrogens with zero attached hydrogens (tertiary/aromatic N) is 1. The Bertz CT molecular complexity index is 929. The molecule has 158 valence electrons. The molecule has 0 aromatic heterocycles. The van der Waals surface area contributed by atoms with Crippen molar-refractivity contribution in [2.24, 2.45) is 0 Å². The Labute approximate surface area is 177 Å². The molecule has 0 radical (unpaired) electrons. The lowest BCUT2D eigenvalue weighted by Gasteiger charge is -2.40. The summed E-state index contributed by atoms with van der Waals surface area (Å²) < 4.78 is 14.1. The third-order valence-electron chi connectivity index (χ3n) is 7.04. The van der Waals surface area contributed by atoms with E-state index >= 15 is 0 Å². The summed E-state index contributed by atoms with van der Waals surface area (Å²) in [6.45, 7) is 5.13. The Morgan fingerprint density at radius 1 is 1.20 bits per heavy atom. The first-order valence-corrected chi connectivity index (χ1v) is 11.0. The second kappa shape index (κ2) is 7.58. The SMILES string of the molecule is Cc1ccc(F)c2c1NC(C(=O)Nc1cccc(N3CCC4(CCCN4)CC3)c1)C2. The normalized spacial score (nSPS) is 22.1. The van der Waals surface area contributed by atoms with E-state index < -0.39 is 6.04 Å². The van der Waals surface area contributed by atoms with E-state index in [1.807, 2.05) is 25.1 Å². The Kier molecular flexibility index (Phi) is 4.89. The van der Waals surface area contributed by atoms with Crippen molar-refractivity contribution < 1.29 is 9.18 Å². The van der Waals surface area contributed by atoms with Crippen molar-refractivity contribution >= 4 is 23.0 Å². The number of fused-ring (bicyclic) bond motifs is 1. The molecule has 5 rings (SSSR count). The van der Waals surface area contributed by atoms with Crippen molar-refractivity contribution in [2.75, 3.05) is 35.2 Å². The minimum atomic E-state index is -0.456. The standard InChI is InChI=1S/C24H29FN4O/c1-16-6-7-20(25)19-15-21(28-22(16)19)23(30)27-17-4-2-5-18(14-17)29-12-9-24(10-13-29)8-3-11-26-24/h2,4-7,14,21,26,28H,3,8-13,15H2,1H3,(H,27,30). The van der Waals surface area contributed by atoms with Gasteiger partial charge in [-0.3, -0.25) is 4.79 Å². The zero-order valence-corrected chi connectivity index (χ0v) is 17.4. The Morgan fingerprint density at radius 2 is 2.03 bits per heavy atom. The lowest BCUT2D eigenvalue weighted by Crippen LogP contribution is -2.50. The summed E-state index contributed by atoms with van der Waals surface area (Å²) in [5, 5.41) is 9.93. The average molecular weight is 409 g/mol. The molecule has 5 nitrogen and oxygen atoms in total. The number of carbonyl (C=O) groups excluding carboxylic acids is 1. The highest BCUT2D eigenvalue weighted by Gasteiger charge is 2.36. The first-order valence-electron chi connectivity index (χ1n) is 11.0. The van der Waals surface area contributed by atoms with E-state index in [-0.39, 0.29) is 11.7 Å². The van der Waals surface area contributed by atoms with Gasteiger partial charge in [0, 0.05) is 47.7 Å². The molecule has 3 aliphatic heterocycles. The third-order valence-corrected chi connectivity index (χ3v) is 7.04. The van der Waals surface area contributed by atoms with E-state index in [1.165, 1.54) is 31.7 Å². The van der Waals surface area contributed by atoms with Crippen molar-refractivity contribution in [1.82, 2.24) is 5.32 Å². The number of piperidine rings is 1. The second-order valence-electron chi connectivity index (χ2n) is 8.96. The topological polar surface area (TPSA) is 56.4 Å². The van der Waals surface area contributed by atoms with Gasteiger partial charge in [0.15, 0.2) is 0 Å². The smallest absolute Gasteiger partial charge is 0.247 e. The quantitative estimate of drug-likeness (QED) is 0.723. The van der Waals surface area contributed by atoms with Crippen molar-refractivity contribution in [3.8, 4) is 0 Å². The van der Waals surface area contributed by atoms with E-state index in [2.05, 4.69) is 26.9 Å². The van der Waals surface area contributed by atoms with Crippen LogP contribution in [0.3, 0.4) is 0 Å². The van der Waals surface area contributed by atoms with Crippen LogP contribution in [0.4, 0.5) is 21.5 Å². The number of benzene rings is 2.